The molecule has 3 aliphatic rings. The van der Waals surface area contributed by atoms with E-state index in [4.69, 9.17) is 16.3 Å². The fourth-order valence-corrected chi connectivity index (χ4v) is 6.93. The molecule has 1 N–H and O–H groups in total. The Balaban J connectivity index is 1.41. The third kappa shape index (κ3) is 5.89. The van der Waals surface area contributed by atoms with Crippen molar-refractivity contribution in [2.45, 2.75) is 95.9 Å². The van der Waals surface area contributed by atoms with Gasteiger partial charge in [-0.25, -0.2) is 14.8 Å². The number of anilines is 1. The summed E-state index contributed by atoms with van der Waals surface area (Å²) in [6, 6.07) is 7.07. The van der Waals surface area contributed by atoms with Crippen molar-refractivity contribution >= 4 is 29.4 Å². The van der Waals surface area contributed by atoms with Gasteiger partial charge < -0.3 is 19.6 Å². The molecule has 5 rings (SSSR count). The number of fused-ring (bicyclic) bond motifs is 1. The normalized spacial score (nSPS) is 24.8. The average Bonchev–Trinajstić information content (AvgIpc) is 3.37. The number of halogens is 1. The van der Waals surface area contributed by atoms with Crippen LogP contribution in [0.15, 0.2) is 30.6 Å². The molecule has 0 saturated carbocycles. The molecule has 2 aliphatic heterocycles. The number of piperazine rings is 1. The van der Waals surface area contributed by atoms with E-state index in [1.807, 2.05) is 57.7 Å². The Morgan fingerprint density at radius 3 is 2.51 bits per heavy atom. The topological polar surface area (TPSA) is 99.1 Å². The van der Waals surface area contributed by atoms with Gasteiger partial charge in [0.15, 0.2) is 0 Å². The Labute approximate surface area is 247 Å². The number of benzene rings is 1. The van der Waals surface area contributed by atoms with E-state index in [1.165, 1.54) is 6.33 Å². The lowest BCUT2D eigenvalue weighted by molar-refractivity contribution is -0.134. The summed E-state index contributed by atoms with van der Waals surface area (Å²) < 4.78 is 5.84. The van der Waals surface area contributed by atoms with E-state index < -0.39 is 29.3 Å². The maximum atomic E-state index is 14.4. The molecule has 1 unspecified atom stereocenters. The Morgan fingerprint density at radius 1 is 1.15 bits per heavy atom. The fraction of sp³-hybridized carbons (Fsp3) is 0.613. The highest BCUT2D eigenvalue weighted by Gasteiger charge is 2.50. The fourth-order valence-electron chi connectivity index (χ4n) is 6.73. The smallest absolute Gasteiger partial charge is 0.411 e. The van der Waals surface area contributed by atoms with Crippen LogP contribution in [0.25, 0.3) is 0 Å². The Bertz CT molecular complexity index is 1300. The number of aliphatic hydroxyl groups excluding tert-OH is 1. The van der Waals surface area contributed by atoms with Gasteiger partial charge in [0, 0.05) is 42.3 Å². The Morgan fingerprint density at radius 2 is 1.85 bits per heavy atom. The predicted molar refractivity (Wildman–Crippen MR) is 158 cm³/mol. The maximum absolute atomic E-state index is 14.4. The number of carbonyl (C=O) groups excluding carboxylic acids is 2. The van der Waals surface area contributed by atoms with E-state index in [0.29, 0.717) is 49.7 Å². The lowest BCUT2D eigenvalue weighted by Gasteiger charge is -2.42. The highest BCUT2D eigenvalue weighted by atomic mass is 35.5. The minimum atomic E-state index is -0.652. The molecule has 0 spiro atoms. The number of hydrogen-bond acceptors (Lipinski definition) is 7. The summed E-state index contributed by atoms with van der Waals surface area (Å²) in [7, 11) is 0. The van der Waals surface area contributed by atoms with Crippen LogP contribution in [0.1, 0.15) is 95.6 Å². The summed E-state index contributed by atoms with van der Waals surface area (Å²) in [4.78, 5) is 42.8. The molecule has 41 heavy (non-hydrogen) atoms. The number of aliphatic hydroxyl groups is 1. The van der Waals surface area contributed by atoms with Crippen LogP contribution in [-0.4, -0.2) is 80.2 Å². The van der Waals surface area contributed by atoms with Crippen molar-refractivity contribution < 1.29 is 19.4 Å². The van der Waals surface area contributed by atoms with Crippen LogP contribution in [0.4, 0.5) is 10.6 Å². The third-order valence-electron chi connectivity index (χ3n) is 8.65. The molecule has 1 aromatic carbocycles. The Kier molecular flexibility index (Phi) is 7.98. The number of carbonyl (C=O) groups is 2. The molecule has 1 aromatic heterocycles. The van der Waals surface area contributed by atoms with E-state index in [1.54, 1.807) is 11.0 Å². The first-order chi connectivity index (χ1) is 19.3. The van der Waals surface area contributed by atoms with Crippen LogP contribution in [0.3, 0.4) is 0 Å². The van der Waals surface area contributed by atoms with Gasteiger partial charge >= 0.3 is 6.09 Å². The Hall–Kier alpha value is -2.91. The first kappa shape index (κ1) is 29.6. The zero-order chi connectivity index (χ0) is 29.7. The van der Waals surface area contributed by atoms with Crippen molar-refractivity contribution in [1.82, 2.24) is 19.8 Å². The first-order valence-electron chi connectivity index (χ1n) is 14.6. The second-order valence-electron chi connectivity index (χ2n) is 13.3. The second kappa shape index (κ2) is 11.1. The zero-order valence-electron chi connectivity index (χ0n) is 24.9. The molecule has 2 aromatic rings. The number of likely N-dealkylation sites (tertiary alicyclic amines) is 1. The molecule has 4 atom stereocenters. The van der Waals surface area contributed by atoms with E-state index in [0.717, 1.165) is 23.4 Å². The minimum absolute atomic E-state index is 0.0140. The molecule has 2 saturated heterocycles. The van der Waals surface area contributed by atoms with Crippen molar-refractivity contribution in [3.05, 3.63) is 52.4 Å². The lowest BCUT2D eigenvalue weighted by atomic mass is 9.88. The minimum Gasteiger partial charge on any atom is -0.444 e. The van der Waals surface area contributed by atoms with Gasteiger partial charge in [-0.05, 0) is 77.5 Å². The van der Waals surface area contributed by atoms with Crippen LogP contribution in [0.2, 0.25) is 5.02 Å². The van der Waals surface area contributed by atoms with Gasteiger partial charge in [-0.15, -0.1) is 0 Å². The summed E-state index contributed by atoms with van der Waals surface area (Å²) in [5.41, 5.74) is 1.42. The van der Waals surface area contributed by atoms with E-state index in [-0.39, 0.29) is 17.9 Å². The summed E-state index contributed by atoms with van der Waals surface area (Å²) >= 11 is 6.42. The number of ether oxygens (including phenoxy) is 1. The van der Waals surface area contributed by atoms with Crippen LogP contribution in [-0.2, 0) is 9.53 Å². The van der Waals surface area contributed by atoms with E-state index in [9.17, 15) is 14.7 Å². The highest BCUT2D eigenvalue weighted by molar-refractivity contribution is 6.30. The predicted octanol–water partition coefficient (Wildman–Crippen LogP) is 5.28. The number of hydrogen-bond donors (Lipinski definition) is 1. The van der Waals surface area contributed by atoms with Gasteiger partial charge in [-0.1, -0.05) is 30.7 Å². The highest BCUT2D eigenvalue weighted by Crippen LogP contribution is 2.44. The average molecular weight is 584 g/mol. The maximum Gasteiger partial charge on any atom is 0.411 e. The van der Waals surface area contributed by atoms with Gasteiger partial charge in [0.1, 0.15) is 17.7 Å². The number of amides is 2. The second-order valence-corrected chi connectivity index (χ2v) is 13.7. The standard InChI is InChI=1S/C31H42ClN5O4/c1-19-16-23(38)26-24(19)27(34-18-33-26)35-12-14-36(15-13-35)28(39)25(20-8-7-9-21(32)17-20)22-10-11-31(5,6)37(22)29(40)41-30(2,3)4/h7-9,17-19,22-23,25,38H,10-16H2,1-6H3/t19-,22?,23-,25+/m1/s1. The van der Waals surface area contributed by atoms with Crippen molar-refractivity contribution in [2.75, 3.05) is 31.1 Å². The van der Waals surface area contributed by atoms with E-state index >= 15 is 0 Å². The zero-order valence-corrected chi connectivity index (χ0v) is 25.7. The molecule has 9 nitrogen and oxygen atoms in total. The first-order valence-corrected chi connectivity index (χ1v) is 15.0. The number of nitrogens with zero attached hydrogens (tertiary/aromatic N) is 5. The molecule has 222 valence electrons. The van der Waals surface area contributed by atoms with Crippen molar-refractivity contribution in [3.63, 3.8) is 0 Å². The lowest BCUT2D eigenvalue weighted by Crippen LogP contribution is -2.55. The molecular formula is C31H42ClN5O4. The van der Waals surface area contributed by atoms with Crippen LogP contribution >= 0.6 is 11.6 Å². The molecule has 10 heteroatoms. The molecule has 1 aliphatic carbocycles. The summed E-state index contributed by atoms with van der Waals surface area (Å²) in [6.45, 7) is 14.0. The molecular weight excluding hydrogens is 542 g/mol. The van der Waals surface area contributed by atoms with Gasteiger partial charge in [0.2, 0.25) is 5.91 Å². The van der Waals surface area contributed by atoms with Crippen LogP contribution < -0.4 is 4.90 Å². The van der Waals surface area contributed by atoms with Crippen molar-refractivity contribution in [1.29, 1.82) is 0 Å². The van der Waals surface area contributed by atoms with Gasteiger partial charge in [0.05, 0.1) is 23.8 Å². The van der Waals surface area contributed by atoms with Gasteiger partial charge in [-0.2, -0.15) is 0 Å². The van der Waals surface area contributed by atoms with Crippen molar-refractivity contribution in [2.24, 2.45) is 0 Å². The molecule has 3 heterocycles. The third-order valence-corrected chi connectivity index (χ3v) is 8.89. The molecule has 2 amide bonds. The number of rotatable bonds is 4. The van der Waals surface area contributed by atoms with Gasteiger partial charge in [0.25, 0.3) is 0 Å². The summed E-state index contributed by atoms with van der Waals surface area (Å²) in [6.07, 6.45) is 2.65. The summed E-state index contributed by atoms with van der Waals surface area (Å²) in [5.74, 6) is 0.437. The molecule has 2 fully saturated rings. The monoisotopic (exact) mass is 583 g/mol. The SMILES string of the molecule is C[C@@H]1C[C@@H](O)c2ncnc(N3CCN(C(=O)[C@@H](c4cccc(Cl)c4)C4CCC(C)(C)N4C(=O)OC(C)(C)C)CC3)c21. The molecule has 0 radical (unpaired) electrons. The summed E-state index contributed by atoms with van der Waals surface area (Å²) in [5, 5.41) is 11.0. The largest absolute Gasteiger partial charge is 0.444 e. The van der Waals surface area contributed by atoms with Gasteiger partial charge in [-0.3, -0.25) is 9.69 Å². The van der Waals surface area contributed by atoms with E-state index in [2.05, 4.69) is 21.8 Å². The molecule has 0 bridgehead atoms. The van der Waals surface area contributed by atoms with Crippen LogP contribution in [0, 0.1) is 0 Å². The van der Waals surface area contributed by atoms with Crippen LogP contribution in [0.5, 0.6) is 0 Å². The van der Waals surface area contributed by atoms with Crippen molar-refractivity contribution in [3.8, 4) is 0 Å². The quantitative estimate of drug-likeness (QED) is 0.523. The number of aromatic nitrogens is 2.